The monoisotopic (exact) mass is 676 g/mol. The molecule has 248 valence electrons. The molecule has 3 aliphatic rings. The number of halogens is 6. The van der Waals surface area contributed by atoms with Crippen LogP contribution in [0.15, 0.2) is 18.2 Å². The van der Waals surface area contributed by atoms with Gasteiger partial charge in [0.15, 0.2) is 5.82 Å². The van der Waals surface area contributed by atoms with E-state index < -0.39 is 52.3 Å². The standard InChI is InChI=1S/C32H30F6N6O2S/c1-15-3-4-17(45)13-44(15)29-19-9-21(32(36,37)38)24(18-5-6-22(34)27-23(18)20(11-39)28(40)47-27)25(35)26(19)41-30(42-29)46-14-31-7-2-8-43(31)12-16(33)10-31/h5-6,9,15-17,45H,2-4,7-8,10,12-14,40H2,1H3. The summed E-state index contributed by atoms with van der Waals surface area (Å²) in [6.45, 7) is 2.79. The lowest BCUT2D eigenvalue weighted by Crippen LogP contribution is -2.45. The van der Waals surface area contributed by atoms with Gasteiger partial charge in [-0.3, -0.25) is 4.90 Å². The van der Waals surface area contributed by atoms with Crippen LogP contribution in [-0.2, 0) is 6.18 Å². The van der Waals surface area contributed by atoms with Crippen molar-refractivity contribution in [3.63, 3.8) is 0 Å². The van der Waals surface area contributed by atoms with Crippen LogP contribution in [0.4, 0.5) is 37.2 Å². The van der Waals surface area contributed by atoms with Gasteiger partial charge in [0.1, 0.15) is 41.0 Å². The highest BCUT2D eigenvalue weighted by Crippen LogP contribution is 2.48. The number of fused-ring (bicyclic) bond motifs is 3. The highest BCUT2D eigenvalue weighted by molar-refractivity contribution is 7.23. The molecule has 4 aromatic rings. The van der Waals surface area contributed by atoms with Crippen LogP contribution >= 0.6 is 11.3 Å². The molecule has 3 saturated heterocycles. The first-order valence-corrected chi connectivity index (χ1v) is 16.1. The Hall–Kier alpha value is -3.87. The first-order valence-electron chi connectivity index (χ1n) is 15.3. The van der Waals surface area contributed by atoms with Gasteiger partial charge in [0.2, 0.25) is 0 Å². The lowest BCUT2D eigenvalue weighted by molar-refractivity contribution is -0.137. The zero-order valence-corrected chi connectivity index (χ0v) is 26.0. The van der Waals surface area contributed by atoms with E-state index in [2.05, 4.69) is 9.97 Å². The SMILES string of the molecule is CC1CCC(O)CN1c1nc(OCC23CCCN2CC(F)C3)nc2c(F)c(-c3ccc(F)c4sc(N)c(C#N)c34)c(C(F)(F)F)cc12. The Morgan fingerprint density at radius 2 is 2.00 bits per heavy atom. The molecule has 3 fully saturated rings. The third kappa shape index (κ3) is 5.21. The summed E-state index contributed by atoms with van der Waals surface area (Å²) in [6, 6.07) is 3.87. The van der Waals surface area contributed by atoms with Gasteiger partial charge >= 0.3 is 12.2 Å². The van der Waals surface area contributed by atoms with E-state index in [0.717, 1.165) is 24.6 Å². The Balaban J connectivity index is 1.47. The predicted octanol–water partition coefficient (Wildman–Crippen LogP) is 6.57. The lowest BCUT2D eigenvalue weighted by Gasteiger charge is -2.37. The average Bonchev–Trinajstić information content (AvgIpc) is 3.66. The zero-order chi connectivity index (χ0) is 33.4. The summed E-state index contributed by atoms with van der Waals surface area (Å²) >= 11 is 0.681. The molecule has 4 unspecified atom stereocenters. The molecule has 47 heavy (non-hydrogen) atoms. The van der Waals surface area contributed by atoms with Crippen molar-refractivity contribution in [1.82, 2.24) is 14.9 Å². The Bertz CT molecular complexity index is 1950. The topological polar surface area (TPSA) is 112 Å². The fourth-order valence-electron chi connectivity index (χ4n) is 7.50. The molecule has 4 atom stereocenters. The number of aliphatic hydroxyl groups is 1. The third-order valence-corrected chi connectivity index (χ3v) is 10.8. The highest BCUT2D eigenvalue weighted by Gasteiger charge is 2.49. The van der Waals surface area contributed by atoms with Crippen LogP contribution in [-0.4, -0.2) is 70.1 Å². The molecule has 0 radical (unpaired) electrons. The van der Waals surface area contributed by atoms with E-state index >= 15 is 4.39 Å². The number of nitrogens with two attached hydrogens (primary N) is 1. The maximum absolute atomic E-state index is 16.9. The fraction of sp³-hybridized carbons (Fsp3) is 0.469. The molecule has 7 rings (SSSR count). The Morgan fingerprint density at radius 3 is 2.74 bits per heavy atom. The van der Waals surface area contributed by atoms with Crippen molar-refractivity contribution in [3.8, 4) is 23.2 Å². The normalized spacial score (nSPS) is 25.1. The molecular formula is C32H30F6N6O2S. The number of nitrogen functional groups attached to an aromatic ring is 1. The first-order chi connectivity index (χ1) is 22.3. The summed E-state index contributed by atoms with van der Waals surface area (Å²) in [6.07, 6.45) is -4.25. The van der Waals surface area contributed by atoms with Gasteiger partial charge in [0, 0.05) is 41.9 Å². The Morgan fingerprint density at radius 1 is 1.21 bits per heavy atom. The first kappa shape index (κ1) is 31.7. The molecule has 0 amide bonds. The number of ether oxygens (including phenoxy) is 1. The van der Waals surface area contributed by atoms with Gasteiger partial charge in [-0.05, 0) is 56.8 Å². The van der Waals surface area contributed by atoms with E-state index in [1.807, 2.05) is 17.9 Å². The van der Waals surface area contributed by atoms with Gasteiger partial charge in [-0.25, -0.2) is 13.2 Å². The number of nitrogens with zero attached hydrogens (tertiary/aromatic N) is 5. The van der Waals surface area contributed by atoms with Crippen molar-refractivity contribution in [1.29, 1.82) is 5.26 Å². The number of nitriles is 1. The highest BCUT2D eigenvalue weighted by atomic mass is 32.1. The second-order valence-electron chi connectivity index (χ2n) is 12.7. The number of benzene rings is 2. The van der Waals surface area contributed by atoms with Gasteiger partial charge in [0.25, 0.3) is 0 Å². The number of aliphatic hydroxyl groups excluding tert-OH is 1. The van der Waals surface area contributed by atoms with Crippen molar-refractivity contribution in [3.05, 3.63) is 41.0 Å². The van der Waals surface area contributed by atoms with Crippen LogP contribution in [0, 0.1) is 23.0 Å². The van der Waals surface area contributed by atoms with Crippen LogP contribution in [0.1, 0.15) is 50.2 Å². The minimum Gasteiger partial charge on any atom is -0.461 e. The number of thiophene rings is 1. The summed E-state index contributed by atoms with van der Waals surface area (Å²) in [7, 11) is 0. The van der Waals surface area contributed by atoms with Crippen LogP contribution in [0.2, 0.25) is 0 Å². The second kappa shape index (κ2) is 11.4. The number of alkyl halides is 4. The number of aromatic nitrogens is 2. The van der Waals surface area contributed by atoms with Gasteiger partial charge < -0.3 is 20.5 Å². The van der Waals surface area contributed by atoms with E-state index in [9.17, 15) is 32.3 Å². The molecule has 0 saturated carbocycles. The fourth-order valence-corrected chi connectivity index (χ4v) is 8.45. The number of hydrogen-bond donors (Lipinski definition) is 2. The molecule has 3 aliphatic heterocycles. The van der Waals surface area contributed by atoms with E-state index in [1.54, 1.807) is 4.90 Å². The summed E-state index contributed by atoms with van der Waals surface area (Å²) < 4.78 is 96.7. The molecule has 0 aliphatic carbocycles. The van der Waals surface area contributed by atoms with Crippen LogP contribution in [0.25, 0.3) is 32.1 Å². The minimum absolute atomic E-state index is 0.00997. The van der Waals surface area contributed by atoms with Gasteiger partial charge in [-0.15, -0.1) is 11.3 Å². The quantitative estimate of drug-likeness (QED) is 0.229. The van der Waals surface area contributed by atoms with Gasteiger partial charge in [-0.1, -0.05) is 6.07 Å². The molecule has 5 heterocycles. The Labute approximate surface area is 269 Å². The van der Waals surface area contributed by atoms with E-state index in [-0.39, 0.29) is 75.6 Å². The van der Waals surface area contributed by atoms with Crippen LogP contribution in [0.5, 0.6) is 6.01 Å². The van der Waals surface area contributed by atoms with Crippen molar-refractivity contribution >= 4 is 43.1 Å². The van der Waals surface area contributed by atoms with Crippen molar-refractivity contribution < 1.29 is 36.2 Å². The molecule has 2 aromatic heterocycles. The smallest absolute Gasteiger partial charge is 0.417 e. The number of rotatable bonds is 5. The number of β-amino-alcohol motifs (C(OH)–C–C–N with tert-alkyl or cyclic N) is 1. The number of anilines is 2. The van der Waals surface area contributed by atoms with Crippen LogP contribution < -0.4 is 15.4 Å². The van der Waals surface area contributed by atoms with Gasteiger partial charge in [0.05, 0.1) is 27.5 Å². The maximum atomic E-state index is 16.9. The molecule has 15 heteroatoms. The van der Waals surface area contributed by atoms with Gasteiger partial charge in [-0.2, -0.15) is 28.4 Å². The van der Waals surface area contributed by atoms with E-state index in [0.29, 0.717) is 37.1 Å². The molecule has 8 nitrogen and oxygen atoms in total. The zero-order valence-electron chi connectivity index (χ0n) is 25.2. The predicted molar refractivity (Wildman–Crippen MR) is 165 cm³/mol. The summed E-state index contributed by atoms with van der Waals surface area (Å²) in [5.41, 5.74) is 1.89. The van der Waals surface area contributed by atoms with Crippen LogP contribution in [0.3, 0.4) is 0 Å². The molecule has 2 aromatic carbocycles. The second-order valence-corrected chi connectivity index (χ2v) is 13.7. The molecule has 3 N–H and O–H groups in total. The van der Waals surface area contributed by atoms with Crippen molar-refractivity contribution in [2.24, 2.45) is 0 Å². The van der Waals surface area contributed by atoms with Crippen molar-refractivity contribution in [2.45, 2.75) is 69.1 Å². The minimum atomic E-state index is -5.10. The number of piperidine rings is 1. The van der Waals surface area contributed by atoms with E-state index in [1.165, 1.54) is 0 Å². The largest absolute Gasteiger partial charge is 0.461 e. The Kier molecular flexibility index (Phi) is 7.68. The van der Waals surface area contributed by atoms with Crippen molar-refractivity contribution in [2.75, 3.05) is 36.9 Å². The summed E-state index contributed by atoms with van der Waals surface area (Å²) in [4.78, 5) is 12.4. The lowest BCUT2D eigenvalue weighted by atomic mass is 9.92. The molecule has 0 bridgehead atoms. The summed E-state index contributed by atoms with van der Waals surface area (Å²) in [5.74, 6) is -2.25. The molecule has 0 spiro atoms. The summed E-state index contributed by atoms with van der Waals surface area (Å²) in [5, 5.41) is 19.7. The third-order valence-electron chi connectivity index (χ3n) is 9.76. The van der Waals surface area contributed by atoms with E-state index in [4.69, 9.17) is 10.5 Å². The maximum Gasteiger partial charge on any atom is 0.417 e. The number of hydrogen-bond acceptors (Lipinski definition) is 9. The molecular weight excluding hydrogens is 646 g/mol. The average molecular weight is 677 g/mol.